The van der Waals surface area contributed by atoms with Gasteiger partial charge in [0.2, 0.25) is 0 Å². The Bertz CT molecular complexity index is 340. The molecule has 2 rings (SSSR count). The molecule has 94 valence electrons. The first kappa shape index (κ1) is 12.9. The maximum atomic E-state index is 5.85. The first-order valence-corrected chi connectivity index (χ1v) is 7.68. The van der Waals surface area contributed by atoms with Gasteiger partial charge in [-0.15, -0.1) is 0 Å². The number of alkyl halides is 1. The van der Waals surface area contributed by atoms with Gasteiger partial charge in [-0.1, -0.05) is 41.4 Å². The monoisotopic (exact) mass is 296 g/mol. The van der Waals surface area contributed by atoms with Gasteiger partial charge in [0.25, 0.3) is 0 Å². The second-order valence-electron chi connectivity index (χ2n) is 5.17. The molecule has 0 N–H and O–H groups in total. The summed E-state index contributed by atoms with van der Waals surface area (Å²) in [6, 6.07) is 8.60. The van der Waals surface area contributed by atoms with Gasteiger partial charge in [-0.2, -0.15) is 0 Å². The van der Waals surface area contributed by atoms with Crippen LogP contribution in [0.4, 0.5) is 0 Å². The number of unbranched alkanes of at least 4 members (excludes halogenated alkanes) is 1. The van der Waals surface area contributed by atoms with Gasteiger partial charge in [0.15, 0.2) is 0 Å². The molecule has 0 amide bonds. The van der Waals surface area contributed by atoms with E-state index in [0.717, 1.165) is 17.7 Å². The zero-order chi connectivity index (χ0) is 12.1. The van der Waals surface area contributed by atoms with E-state index >= 15 is 0 Å². The molecule has 0 unspecified atom stereocenters. The van der Waals surface area contributed by atoms with Crippen LogP contribution in [-0.2, 0) is 6.42 Å². The summed E-state index contributed by atoms with van der Waals surface area (Å²) >= 11 is 3.57. The average Bonchev–Trinajstić information content (AvgIpc) is 3.16. The molecule has 1 aliphatic rings. The lowest BCUT2D eigenvalue weighted by molar-refractivity contribution is 0.251. The maximum absolute atomic E-state index is 5.85. The third-order valence-corrected chi connectivity index (χ3v) is 4.72. The molecule has 0 heterocycles. The summed E-state index contributed by atoms with van der Waals surface area (Å²) < 4.78 is 5.85. The lowest BCUT2D eigenvalue weighted by Crippen LogP contribution is -2.14. The van der Waals surface area contributed by atoms with E-state index in [-0.39, 0.29) is 0 Å². The summed E-state index contributed by atoms with van der Waals surface area (Å²) in [6.07, 6.45) is 6.31. The third kappa shape index (κ3) is 3.74. The molecule has 1 aromatic carbocycles. The van der Waals surface area contributed by atoms with E-state index in [2.05, 4.69) is 47.1 Å². The predicted octanol–water partition coefficient (Wildman–Crippen LogP) is 4.58. The van der Waals surface area contributed by atoms with E-state index in [0.29, 0.717) is 5.41 Å². The van der Waals surface area contributed by atoms with Crippen molar-refractivity contribution in [2.24, 2.45) is 5.41 Å². The summed E-state index contributed by atoms with van der Waals surface area (Å²) in [5.41, 5.74) is 1.85. The van der Waals surface area contributed by atoms with Crippen LogP contribution in [0.1, 0.15) is 38.2 Å². The van der Waals surface area contributed by atoms with Crippen molar-refractivity contribution in [1.29, 1.82) is 0 Å². The van der Waals surface area contributed by atoms with Gasteiger partial charge in [-0.3, -0.25) is 0 Å². The van der Waals surface area contributed by atoms with E-state index in [4.69, 9.17) is 4.74 Å². The third-order valence-electron chi connectivity index (χ3n) is 3.53. The fourth-order valence-corrected chi connectivity index (χ4v) is 2.59. The Morgan fingerprint density at radius 3 is 2.47 bits per heavy atom. The molecule has 1 aromatic rings. The fraction of sp³-hybridized carbons (Fsp3) is 0.600. The van der Waals surface area contributed by atoms with Crippen LogP contribution in [0, 0.1) is 5.41 Å². The highest BCUT2D eigenvalue weighted by atomic mass is 79.9. The number of halogens is 1. The van der Waals surface area contributed by atoms with Crippen LogP contribution < -0.4 is 4.74 Å². The molecule has 1 aliphatic carbocycles. The lowest BCUT2D eigenvalue weighted by Gasteiger charge is -2.13. The smallest absolute Gasteiger partial charge is 0.119 e. The Morgan fingerprint density at radius 1 is 1.24 bits per heavy atom. The van der Waals surface area contributed by atoms with Crippen molar-refractivity contribution in [2.45, 2.75) is 39.0 Å². The Balaban J connectivity index is 1.81. The van der Waals surface area contributed by atoms with Crippen LogP contribution in [0.25, 0.3) is 0 Å². The van der Waals surface area contributed by atoms with Gasteiger partial charge < -0.3 is 4.74 Å². The lowest BCUT2D eigenvalue weighted by atomic mass is 10.1. The van der Waals surface area contributed by atoms with Crippen molar-refractivity contribution in [3.8, 4) is 5.75 Å². The molecular formula is C15H21BrO. The molecule has 0 aliphatic heterocycles. The average molecular weight is 297 g/mol. The molecule has 2 heteroatoms. The van der Waals surface area contributed by atoms with Crippen LogP contribution in [-0.4, -0.2) is 11.9 Å². The topological polar surface area (TPSA) is 9.23 Å². The van der Waals surface area contributed by atoms with Gasteiger partial charge in [0, 0.05) is 10.7 Å². The molecule has 1 saturated carbocycles. The fourth-order valence-electron chi connectivity index (χ4n) is 1.86. The first-order valence-electron chi connectivity index (χ1n) is 6.56. The number of aryl methyl sites for hydroxylation is 1. The van der Waals surface area contributed by atoms with Crippen molar-refractivity contribution in [3.05, 3.63) is 29.8 Å². The van der Waals surface area contributed by atoms with Gasteiger partial charge in [0.1, 0.15) is 5.75 Å². The highest BCUT2D eigenvalue weighted by Crippen LogP contribution is 2.47. The van der Waals surface area contributed by atoms with E-state index < -0.39 is 0 Å². The van der Waals surface area contributed by atoms with Gasteiger partial charge >= 0.3 is 0 Å². The molecule has 1 fully saturated rings. The number of ether oxygens (including phenoxy) is 1. The molecule has 1 nitrogen and oxygen atoms in total. The van der Waals surface area contributed by atoms with Crippen molar-refractivity contribution in [3.63, 3.8) is 0 Å². The van der Waals surface area contributed by atoms with E-state index in [1.807, 2.05) is 0 Å². The van der Waals surface area contributed by atoms with Crippen molar-refractivity contribution in [2.75, 3.05) is 11.9 Å². The number of hydrogen-bond acceptors (Lipinski definition) is 1. The summed E-state index contributed by atoms with van der Waals surface area (Å²) in [5.74, 6) is 1.01. The van der Waals surface area contributed by atoms with Crippen LogP contribution in [0.15, 0.2) is 24.3 Å². The summed E-state index contributed by atoms with van der Waals surface area (Å²) in [4.78, 5) is 0. The van der Waals surface area contributed by atoms with E-state index in [9.17, 15) is 0 Å². The Hall–Kier alpha value is -0.500. The minimum absolute atomic E-state index is 0.431. The SMILES string of the molecule is CCCCc1ccc(OCC2(CBr)CC2)cc1. The van der Waals surface area contributed by atoms with Crippen LogP contribution in [0.5, 0.6) is 5.75 Å². The van der Waals surface area contributed by atoms with Crippen molar-refractivity contribution in [1.82, 2.24) is 0 Å². The zero-order valence-electron chi connectivity index (χ0n) is 10.5. The number of benzene rings is 1. The molecule has 0 atom stereocenters. The number of hydrogen-bond donors (Lipinski definition) is 0. The highest BCUT2D eigenvalue weighted by Gasteiger charge is 2.42. The predicted molar refractivity (Wildman–Crippen MR) is 76.0 cm³/mol. The Morgan fingerprint density at radius 2 is 1.94 bits per heavy atom. The second kappa shape index (κ2) is 5.90. The van der Waals surface area contributed by atoms with E-state index in [1.165, 1.54) is 37.7 Å². The quantitative estimate of drug-likeness (QED) is 0.669. The molecule has 0 saturated heterocycles. The normalized spacial score (nSPS) is 16.8. The largest absolute Gasteiger partial charge is 0.493 e. The van der Waals surface area contributed by atoms with Gasteiger partial charge in [0.05, 0.1) is 6.61 Å². The Kier molecular flexibility index (Phi) is 4.49. The molecule has 0 aromatic heterocycles. The summed E-state index contributed by atoms with van der Waals surface area (Å²) in [5, 5.41) is 1.06. The first-order chi connectivity index (χ1) is 8.28. The number of rotatable bonds is 7. The van der Waals surface area contributed by atoms with Gasteiger partial charge in [-0.25, -0.2) is 0 Å². The van der Waals surface area contributed by atoms with Crippen LogP contribution in [0.3, 0.4) is 0 Å². The van der Waals surface area contributed by atoms with Crippen molar-refractivity contribution >= 4 is 15.9 Å². The minimum atomic E-state index is 0.431. The van der Waals surface area contributed by atoms with Crippen molar-refractivity contribution < 1.29 is 4.74 Å². The Labute approximate surface area is 113 Å². The van der Waals surface area contributed by atoms with Crippen LogP contribution >= 0.6 is 15.9 Å². The van der Waals surface area contributed by atoms with Crippen LogP contribution in [0.2, 0.25) is 0 Å². The standard InChI is InChI=1S/C15H21BrO/c1-2-3-4-13-5-7-14(8-6-13)17-12-15(11-16)9-10-15/h5-8H,2-4,9-12H2,1H3. The molecule has 0 bridgehead atoms. The highest BCUT2D eigenvalue weighted by molar-refractivity contribution is 9.09. The zero-order valence-corrected chi connectivity index (χ0v) is 12.1. The molecule has 17 heavy (non-hydrogen) atoms. The summed E-state index contributed by atoms with van der Waals surface area (Å²) in [7, 11) is 0. The molecular weight excluding hydrogens is 276 g/mol. The summed E-state index contributed by atoms with van der Waals surface area (Å²) in [6.45, 7) is 3.08. The second-order valence-corrected chi connectivity index (χ2v) is 5.73. The molecule has 0 spiro atoms. The van der Waals surface area contributed by atoms with Gasteiger partial charge in [-0.05, 0) is 43.4 Å². The maximum Gasteiger partial charge on any atom is 0.119 e. The minimum Gasteiger partial charge on any atom is -0.493 e. The molecule has 0 radical (unpaired) electrons. The van der Waals surface area contributed by atoms with E-state index in [1.54, 1.807) is 0 Å².